The number of carbonyl (C=O) groups is 1. The largest absolute Gasteiger partial charge is 0.458 e. The molecule has 1 fully saturated rings. The first-order chi connectivity index (χ1) is 9.35. The van der Waals surface area contributed by atoms with Gasteiger partial charge in [0.25, 0.3) is 0 Å². The highest BCUT2D eigenvalue weighted by molar-refractivity contribution is 5.82. The van der Waals surface area contributed by atoms with Crippen molar-refractivity contribution in [3.8, 4) is 0 Å². The quantitative estimate of drug-likeness (QED) is 0.772. The molecule has 0 amide bonds. The molecule has 1 aromatic rings. The van der Waals surface area contributed by atoms with E-state index in [0.717, 1.165) is 24.0 Å². The van der Waals surface area contributed by atoms with Crippen LogP contribution in [0.5, 0.6) is 0 Å². The van der Waals surface area contributed by atoms with Crippen LogP contribution in [-0.4, -0.2) is 18.2 Å². The van der Waals surface area contributed by atoms with Gasteiger partial charge in [0.15, 0.2) is 5.60 Å². The van der Waals surface area contributed by atoms with Crippen LogP contribution in [0.25, 0.3) is 0 Å². The molecule has 0 aliphatic carbocycles. The van der Waals surface area contributed by atoms with E-state index >= 15 is 0 Å². The van der Waals surface area contributed by atoms with E-state index in [2.05, 4.69) is 0 Å². The fraction of sp³-hybridized carbons (Fsp3) is 0.588. The average Bonchev–Trinajstić information content (AvgIpc) is 2.38. The normalized spacial score (nSPS) is 23.4. The summed E-state index contributed by atoms with van der Waals surface area (Å²) >= 11 is 0. The second kappa shape index (κ2) is 5.57. The van der Waals surface area contributed by atoms with Gasteiger partial charge in [0.1, 0.15) is 5.60 Å². The Morgan fingerprint density at radius 2 is 1.95 bits per heavy atom. The van der Waals surface area contributed by atoms with Crippen molar-refractivity contribution in [1.29, 1.82) is 0 Å². The smallest absolute Gasteiger partial charge is 0.343 e. The van der Waals surface area contributed by atoms with Gasteiger partial charge in [-0.15, -0.1) is 0 Å². The molecule has 0 aromatic heterocycles. The Labute approximate surface area is 121 Å². The first-order valence-corrected chi connectivity index (χ1v) is 7.29. The second-order valence-corrected chi connectivity index (χ2v) is 6.45. The van der Waals surface area contributed by atoms with Gasteiger partial charge in [-0.05, 0) is 58.1 Å². The predicted molar refractivity (Wildman–Crippen MR) is 78.5 cm³/mol. The van der Waals surface area contributed by atoms with E-state index in [1.165, 1.54) is 0 Å². The van der Waals surface area contributed by atoms with Gasteiger partial charge < -0.3 is 9.47 Å². The summed E-state index contributed by atoms with van der Waals surface area (Å²) in [4.78, 5) is 12.7. The first-order valence-electron chi connectivity index (χ1n) is 7.29. The lowest BCUT2D eigenvalue weighted by atomic mass is 9.84. The van der Waals surface area contributed by atoms with Crippen molar-refractivity contribution in [2.75, 3.05) is 6.61 Å². The molecule has 1 aromatic carbocycles. The third-order valence-corrected chi connectivity index (χ3v) is 3.58. The number of aryl methyl sites for hydroxylation is 1. The maximum Gasteiger partial charge on any atom is 0.343 e. The van der Waals surface area contributed by atoms with Crippen LogP contribution in [-0.2, 0) is 19.9 Å². The van der Waals surface area contributed by atoms with Crippen LogP contribution in [0, 0.1) is 6.92 Å². The number of hydrogen-bond acceptors (Lipinski definition) is 3. The lowest BCUT2D eigenvalue weighted by molar-refractivity contribution is -0.192. The van der Waals surface area contributed by atoms with Crippen molar-refractivity contribution in [1.82, 2.24) is 0 Å². The minimum atomic E-state index is -0.934. The Bertz CT molecular complexity index is 479. The summed E-state index contributed by atoms with van der Waals surface area (Å²) in [6, 6.07) is 7.92. The molecule has 0 N–H and O–H groups in total. The van der Waals surface area contributed by atoms with Gasteiger partial charge in [-0.3, -0.25) is 0 Å². The van der Waals surface area contributed by atoms with Crippen molar-refractivity contribution in [3.05, 3.63) is 35.4 Å². The Morgan fingerprint density at radius 1 is 1.25 bits per heavy atom. The molecule has 1 unspecified atom stereocenters. The van der Waals surface area contributed by atoms with E-state index in [4.69, 9.17) is 9.47 Å². The van der Waals surface area contributed by atoms with Crippen molar-refractivity contribution in [2.24, 2.45) is 0 Å². The van der Waals surface area contributed by atoms with Crippen molar-refractivity contribution >= 4 is 5.97 Å². The zero-order valence-corrected chi connectivity index (χ0v) is 12.9. The highest BCUT2D eigenvalue weighted by Crippen LogP contribution is 2.39. The molecule has 110 valence electrons. The molecule has 1 atom stereocenters. The summed E-state index contributed by atoms with van der Waals surface area (Å²) in [7, 11) is 0. The molecule has 0 spiro atoms. The van der Waals surface area contributed by atoms with Crippen molar-refractivity contribution in [2.45, 2.75) is 58.2 Å². The molecule has 1 heterocycles. The molecular weight excluding hydrogens is 252 g/mol. The van der Waals surface area contributed by atoms with Crippen LogP contribution in [0.4, 0.5) is 0 Å². The van der Waals surface area contributed by atoms with Crippen LogP contribution in [0.15, 0.2) is 24.3 Å². The van der Waals surface area contributed by atoms with E-state index < -0.39 is 11.2 Å². The number of benzene rings is 1. The van der Waals surface area contributed by atoms with E-state index in [1.807, 2.05) is 52.0 Å². The van der Waals surface area contributed by atoms with Gasteiger partial charge >= 0.3 is 5.97 Å². The summed E-state index contributed by atoms with van der Waals surface area (Å²) in [6.07, 6.45) is 2.66. The first kappa shape index (κ1) is 15.0. The zero-order valence-electron chi connectivity index (χ0n) is 12.9. The van der Waals surface area contributed by atoms with Gasteiger partial charge in [-0.2, -0.15) is 0 Å². The number of hydrogen-bond donors (Lipinski definition) is 0. The summed E-state index contributed by atoms with van der Waals surface area (Å²) < 4.78 is 11.6. The average molecular weight is 276 g/mol. The molecule has 0 saturated carbocycles. The van der Waals surface area contributed by atoms with Crippen LogP contribution in [0.1, 0.15) is 51.2 Å². The molecule has 1 saturated heterocycles. The van der Waals surface area contributed by atoms with Crippen LogP contribution < -0.4 is 0 Å². The van der Waals surface area contributed by atoms with Crippen LogP contribution >= 0.6 is 0 Å². The monoisotopic (exact) mass is 276 g/mol. The van der Waals surface area contributed by atoms with Crippen molar-refractivity contribution < 1.29 is 14.3 Å². The molecular formula is C17H24O3. The van der Waals surface area contributed by atoms with E-state index in [0.29, 0.717) is 13.0 Å². The van der Waals surface area contributed by atoms with Gasteiger partial charge in [-0.25, -0.2) is 4.79 Å². The second-order valence-electron chi connectivity index (χ2n) is 6.45. The third-order valence-electron chi connectivity index (χ3n) is 3.58. The maximum atomic E-state index is 12.7. The summed E-state index contributed by atoms with van der Waals surface area (Å²) in [5, 5.41) is 0. The minimum absolute atomic E-state index is 0.265. The fourth-order valence-electron chi connectivity index (χ4n) is 2.66. The number of esters is 1. The Balaban J connectivity index is 2.41. The molecule has 3 nitrogen and oxygen atoms in total. The molecule has 0 bridgehead atoms. The lowest BCUT2D eigenvalue weighted by Gasteiger charge is -2.38. The van der Waals surface area contributed by atoms with Crippen LogP contribution in [0.2, 0.25) is 0 Å². The fourth-order valence-corrected chi connectivity index (χ4v) is 2.66. The van der Waals surface area contributed by atoms with Gasteiger partial charge in [0.05, 0.1) is 0 Å². The van der Waals surface area contributed by atoms with Gasteiger partial charge in [0, 0.05) is 6.61 Å². The lowest BCUT2D eigenvalue weighted by Crippen LogP contribution is -2.45. The SMILES string of the molecule is Cc1ccccc1C1(C(=O)OC(C)(C)C)CCCCO1. The Morgan fingerprint density at radius 3 is 2.50 bits per heavy atom. The predicted octanol–water partition coefficient (Wildman–Crippen LogP) is 3.73. The summed E-state index contributed by atoms with van der Waals surface area (Å²) in [6.45, 7) is 8.28. The summed E-state index contributed by atoms with van der Waals surface area (Å²) in [5.74, 6) is -0.265. The van der Waals surface area contributed by atoms with Crippen LogP contribution in [0.3, 0.4) is 0 Å². The molecule has 3 heteroatoms. The molecule has 0 radical (unpaired) electrons. The molecule has 1 aliphatic heterocycles. The summed E-state index contributed by atoms with van der Waals surface area (Å²) in [5.41, 5.74) is 0.568. The van der Waals surface area contributed by atoms with E-state index in [-0.39, 0.29) is 5.97 Å². The standard InChI is InChI=1S/C17H24O3/c1-13-9-5-6-10-14(13)17(11-7-8-12-19-17)15(18)20-16(2,3)4/h5-6,9-10H,7-8,11-12H2,1-4H3. The number of carbonyl (C=O) groups excluding carboxylic acids is 1. The van der Waals surface area contributed by atoms with Gasteiger partial charge in [0.2, 0.25) is 0 Å². The Kier molecular flexibility index (Phi) is 4.19. The van der Waals surface area contributed by atoms with E-state index in [1.54, 1.807) is 0 Å². The molecule has 1 aliphatic rings. The number of rotatable bonds is 2. The topological polar surface area (TPSA) is 35.5 Å². The van der Waals surface area contributed by atoms with Crippen molar-refractivity contribution in [3.63, 3.8) is 0 Å². The van der Waals surface area contributed by atoms with E-state index in [9.17, 15) is 4.79 Å². The highest BCUT2D eigenvalue weighted by atomic mass is 16.6. The zero-order chi connectivity index (χ0) is 14.8. The van der Waals surface area contributed by atoms with Gasteiger partial charge in [-0.1, -0.05) is 24.3 Å². The maximum absolute atomic E-state index is 12.7. The third kappa shape index (κ3) is 3.04. The molecule has 2 rings (SSSR count). The number of ether oxygens (including phenoxy) is 2. The highest BCUT2D eigenvalue weighted by Gasteiger charge is 2.46. The molecule has 20 heavy (non-hydrogen) atoms. The minimum Gasteiger partial charge on any atom is -0.458 e. The Hall–Kier alpha value is -1.35.